The van der Waals surface area contributed by atoms with Crippen molar-refractivity contribution in [3.63, 3.8) is 0 Å². The van der Waals surface area contributed by atoms with Gasteiger partial charge < -0.3 is 15.1 Å². The molecule has 2 aliphatic heterocycles. The highest BCUT2D eigenvalue weighted by atomic mass is 35.5. The van der Waals surface area contributed by atoms with Gasteiger partial charge in [0.15, 0.2) is 0 Å². The van der Waals surface area contributed by atoms with Crippen molar-refractivity contribution < 1.29 is 9.59 Å². The number of thioether (sulfide) groups is 1. The molecule has 5 nitrogen and oxygen atoms in total. The Morgan fingerprint density at radius 3 is 2.60 bits per heavy atom. The summed E-state index contributed by atoms with van der Waals surface area (Å²) >= 11 is 1.48. The summed E-state index contributed by atoms with van der Waals surface area (Å²) in [4.78, 5) is 29.8. The van der Waals surface area contributed by atoms with Crippen LogP contribution < -0.4 is 5.32 Å². The first-order valence-corrected chi connectivity index (χ1v) is 9.66. The van der Waals surface area contributed by atoms with Crippen LogP contribution in [0.2, 0.25) is 0 Å². The highest BCUT2D eigenvalue weighted by molar-refractivity contribution is 8.00. The third-order valence-electron chi connectivity index (χ3n) is 4.58. The van der Waals surface area contributed by atoms with Crippen LogP contribution in [-0.2, 0) is 4.79 Å². The summed E-state index contributed by atoms with van der Waals surface area (Å²) < 4.78 is 0. The van der Waals surface area contributed by atoms with E-state index in [9.17, 15) is 9.59 Å². The number of nitrogens with zero attached hydrogens (tertiary/aromatic N) is 2. The highest BCUT2D eigenvalue weighted by Crippen LogP contribution is 2.25. The number of carbonyl (C=O) groups is 2. The lowest BCUT2D eigenvalue weighted by molar-refractivity contribution is -0.127. The first kappa shape index (κ1) is 20.1. The number of rotatable bonds is 4. The van der Waals surface area contributed by atoms with Crippen LogP contribution >= 0.6 is 24.2 Å². The second-order valence-corrected chi connectivity index (χ2v) is 7.50. The van der Waals surface area contributed by atoms with Crippen LogP contribution in [0.5, 0.6) is 0 Å². The van der Waals surface area contributed by atoms with Crippen LogP contribution in [0.25, 0.3) is 0 Å². The standard InChI is InChI=1S/C18H25N3O2S.ClH/c1-14-12-21(11-8-19-14)18(23)15-6-2-3-7-16(15)24-13-17(22)20-9-4-5-10-20;/h2-3,6-7,14,19H,4-5,8-13H2,1H3;1H. The van der Waals surface area contributed by atoms with Gasteiger partial charge in [-0.15, -0.1) is 24.2 Å². The van der Waals surface area contributed by atoms with Gasteiger partial charge in [-0.3, -0.25) is 9.59 Å². The molecule has 7 heteroatoms. The van der Waals surface area contributed by atoms with Gasteiger partial charge in [0.1, 0.15) is 0 Å². The summed E-state index contributed by atoms with van der Waals surface area (Å²) in [5.74, 6) is 0.651. The molecule has 1 unspecified atom stereocenters. The van der Waals surface area contributed by atoms with Crippen LogP contribution in [0.3, 0.4) is 0 Å². The average molecular weight is 384 g/mol. The van der Waals surface area contributed by atoms with E-state index < -0.39 is 0 Å². The van der Waals surface area contributed by atoms with Crippen LogP contribution in [-0.4, -0.2) is 66.1 Å². The van der Waals surface area contributed by atoms with E-state index in [1.54, 1.807) is 0 Å². The van der Waals surface area contributed by atoms with Gasteiger partial charge in [-0.05, 0) is 31.9 Å². The molecule has 0 aliphatic carbocycles. The Balaban J connectivity index is 0.00000225. The number of hydrogen-bond acceptors (Lipinski definition) is 4. The maximum atomic E-state index is 12.9. The third kappa shape index (κ3) is 5.12. The number of benzene rings is 1. The van der Waals surface area contributed by atoms with Gasteiger partial charge in [-0.25, -0.2) is 0 Å². The molecule has 0 radical (unpaired) electrons. The quantitative estimate of drug-likeness (QED) is 0.810. The molecule has 2 amide bonds. The number of piperazine rings is 1. The number of nitrogens with one attached hydrogen (secondary N) is 1. The maximum absolute atomic E-state index is 12.9. The smallest absolute Gasteiger partial charge is 0.255 e. The summed E-state index contributed by atoms with van der Waals surface area (Å²) in [7, 11) is 0. The molecular weight excluding hydrogens is 358 g/mol. The van der Waals surface area contributed by atoms with E-state index in [0.29, 0.717) is 17.4 Å². The van der Waals surface area contributed by atoms with Crippen molar-refractivity contribution in [2.75, 3.05) is 38.5 Å². The molecule has 0 saturated carbocycles. The van der Waals surface area contributed by atoms with Crippen molar-refractivity contribution in [3.8, 4) is 0 Å². The largest absolute Gasteiger partial charge is 0.342 e. The molecule has 3 rings (SSSR count). The molecule has 1 aromatic rings. The Morgan fingerprint density at radius 2 is 1.88 bits per heavy atom. The summed E-state index contributed by atoms with van der Waals surface area (Å²) in [6.07, 6.45) is 2.21. The summed E-state index contributed by atoms with van der Waals surface area (Å²) in [6.45, 7) is 6.13. The maximum Gasteiger partial charge on any atom is 0.255 e. The zero-order chi connectivity index (χ0) is 16.9. The van der Waals surface area contributed by atoms with E-state index in [1.807, 2.05) is 34.1 Å². The predicted octanol–water partition coefficient (Wildman–Crippen LogP) is 2.26. The van der Waals surface area contributed by atoms with Crippen molar-refractivity contribution in [2.24, 2.45) is 0 Å². The summed E-state index contributed by atoms with van der Waals surface area (Å²) in [5, 5.41) is 3.35. The average Bonchev–Trinajstić information content (AvgIpc) is 3.14. The Bertz CT molecular complexity index is 608. The molecule has 2 heterocycles. The molecule has 2 aliphatic rings. The lowest BCUT2D eigenvalue weighted by Gasteiger charge is -2.32. The Labute approximate surface area is 159 Å². The molecular formula is C18H26ClN3O2S. The van der Waals surface area contributed by atoms with Gasteiger partial charge in [0, 0.05) is 43.7 Å². The van der Waals surface area contributed by atoms with E-state index >= 15 is 0 Å². The monoisotopic (exact) mass is 383 g/mol. The molecule has 1 N–H and O–H groups in total. The van der Waals surface area contributed by atoms with Crippen molar-refractivity contribution >= 4 is 36.0 Å². The number of carbonyl (C=O) groups excluding carboxylic acids is 2. The van der Waals surface area contributed by atoms with Crippen LogP contribution in [0.1, 0.15) is 30.1 Å². The zero-order valence-electron chi connectivity index (χ0n) is 14.6. The number of likely N-dealkylation sites (tertiary alicyclic amines) is 1. The van der Waals surface area contributed by atoms with E-state index in [4.69, 9.17) is 0 Å². The molecule has 2 fully saturated rings. The van der Waals surface area contributed by atoms with Crippen molar-refractivity contribution in [2.45, 2.75) is 30.7 Å². The molecule has 1 aromatic carbocycles. The molecule has 2 saturated heterocycles. The van der Waals surface area contributed by atoms with E-state index in [-0.39, 0.29) is 24.2 Å². The van der Waals surface area contributed by atoms with Crippen molar-refractivity contribution in [1.82, 2.24) is 15.1 Å². The molecule has 0 spiro atoms. The second kappa shape index (κ2) is 9.46. The number of amides is 2. The Kier molecular flexibility index (Phi) is 7.59. The van der Waals surface area contributed by atoms with Gasteiger partial charge in [0.2, 0.25) is 5.91 Å². The predicted molar refractivity (Wildman–Crippen MR) is 104 cm³/mol. The van der Waals surface area contributed by atoms with Gasteiger partial charge >= 0.3 is 0 Å². The minimum atomic E-state index is 0. The minimum Gasteiger partial charge on any atom is -0.342 e. The first-order chi connectivity index (χ1) is 11.6. The van der Waals surface area contributed by atoms with Gasteiger partial charge in [-0.1, -0.05) is 12.1 Å². The molecule has 0 aromatic heterocycles. The normalized spacial score (nSPS) is 20.3. The minimum absolute atomic E-state index is 0. The van der Waals surface area contributed by atoms with Crippen molar-refractivity contribution in [1.29, 1.82) is 0 Å². The third-order valence-corrected chi connectivity index (χ3v) is 5.64. The molecule has 0 bridgehead atoms. The van der Waals surface area contributed by atoms with Crippen LogP contribution in [0, 0.1) is 0 Å². The SMILES string of the molecule is CC1CN(C(=O)c2ccccc2SCC(=O)N2CCCC2)CCN1.Cl. The fraction of sp³-hybridized carbons (Fsp3) is 0.556. The van der Waals surface area contributed by atoms with Crippen LogP contribution in [0.4, 0.5) is 0 Å². The van der Waals surface area contributed by atoms with Gasteiger partial charge in [-0.2, -0.15) is 0 Å². The van der Waals surface area contributed by atoms with E-state index in [1.165, 1.54) is 11.8 Å². The fourth-order valence-electron chi connectivity index (χ4n) is 3.25. The highest BCUT2D eigenvalue weighted by Gasteiger charge is 2.24. The van der Waals surface area contributed by atoms with Crippen molar-refractivity contribution in [3.05, 3.63) is 29.8 Å². The van der Waals surface area contributed by atoms with Crippen LogP contribution in [0.15, 0.2) is 29.2 Å². The summed E-state index contributed by atoms with van der Waals surface area (Å²) in [6, 6.07) is 7.96. The lowest BCUT2D eigenvalue weighted by Crippen LogP contribution is -2.51. The summed E-state index contributed by atoms with van der Waals surface area (Å²) in [5.41, 5.74) is 0.714. The number of halogens is 1. The second-order valence-electron chi connectivity index (χ2n) is 6.48. The van der Waals surface area contributed by atoms with E-state index in [2.05, 4.69) is 12.2 Å². The van der Waals surface area contributed by atoms with E-state index in [0.717, 1.165) is 50.5 Å². The molecule has 1 atom stereocenters. The topological polar surface area (TPSA) is 52.7 Å². The molecule has 25 heavy (non-hydrogen) atoms. The number of hydrogen-bond donors (Lipinski definition) is 1. The lowest BCUT2D eigenvalue weighted by atomic mass is 10.1. The van der Waals surface area contributed by atoms with Gasteiger partial charge in [0.05, 0.1) is 11.3 Å². The Morgan fingerprint density at radius 1 is 1.16 bits per heavy atom. The molecule has 138 valence electrons. The zero-order valence-corrected chi connectivity index (χ0v) is 16.2. The Hall–Kier alpha value is -1.24. The van der Waals surface area contributed by atoms with Gasteiger partial charge in [0.25, 0.3) is 5.91 Å². The first-order valence-electron chi connectivity index (χ1n) is 8.67. The fourth-order valence-corrected chi connectivity index (χ4v) is 4.20.